The predicted molar refractivity (Wildman–Crippen MR) is 115 cm³/mol. The summed E-state index contributed by atoms with van der Waals surface area (Å²) in [5, 5.41) is 6.72. The molecule has 0 aromatic heterocycles. The van der Waals surface area contributed by atoms with E-state index >= 15 is 0 Å². The minimum atomic E-state index is -0.141. The summed E-state index contributed by atoms with van der Waals surface area (Å²) < 4.78 is 16.7. The first-order chi connectivity index (χ1) is 13.9. The van der Waals surface area contributed by atoms with E-state index in [0.29, 0.717) is 19.9 Å². The maximum atomic E-state index is 5.87. The number of nitrogens with zero attached hydrogens (tertiary/aromatic N) is 1. The normalized spacial score (nSPS) is 13.4. The van der Waals surface area contributed by atoms with E-state index in [-0.39, 0.29) is 5.60 Å². The van der Waals surface area contributed by atoms with Gasteiger partial charge in [0.2, 0.25) is 6.79 Å². The summed E-state index contributed by atoms with van der Waals surface area (Å²) in [6.07, 6.45) is 0.872. The van der Waals surface area contributed by atoms with Crippen molar-refractivity contribution in [2.45, 2.75) is 45.9 Å². The van der Waals surface area contributed by atoms with Crippen molar-refractivity contribution in [3.05, 3.63) is 59.2 Å². The molecule has 29 heavy (non-hydrogen) atoms. The smallest absolute Gasteiger partial charge is 0.231 e. The summed E-state index contributed by atoms with van der Waals surface area (Å²) in [4.78, 5) is 4.31. The molecule has 2 N–H and O–H groups in total. The molecule has 6 nitrogen and oxygen atoms in total. The van der Waals surface area contributed by atoms with E-state index in [0.717, 1.165) is 30.4 Å². The van der Waals surface area contributed by atoms with Crippen LogP contribution < -0.4 is 20.1 Å². The lowest BCUT2D eigenvalue weighted by Gasteiger charge is -2.19. The molecule has 0 spiro atoms. The van der Waals surface area contributed by atoms with E-state index in [2.05, 4.69) is 66.7 Å². The molecule has 2 aromatic carbocycles. The molecule has 0 unspecified atom stereocenters. The molecule has 0 saturated heterocycles. The monoisotopic (exact) mass is 397 g/mol. The highest BCUT2D eigenvalue weighted by Gasteiger charge is 2.13. The largest absolute Gasteiger partial charge is 0.454 e. The lowest BCUT2D eigenvalue weighted by molar-refractivity contribution is -0.0149. The molecule has 1 aliphatic rings. The first-order valence-electron chi connectivity index (χ1n) is 9.98. The van der Waals surface area contributed by atoms with Gasteiger partial charge >= 0.3 is 0 Å². The van der Waals surface area contributed by atoms with Crippen molar-refractivity contribution in [1.82, 2.24) is 10.6 Å². The highest BCUT2D eigenvalue weighted by atomic mass is 16.7. The second kappa shape index (κ2) is 9.65. The van der Waals surface area contributed by atoms with E-state index in [1.807, 2.05) is 12.1 Å². The molecule has 0 atom stereocenters. The van der Waals surface area contributed by atoms with Gasteiger partial charge in [-0.05, 0) is 56.0 Å². The minimum Gasteiger partial charge on any atom is -0.454 e. The molecule has 0 radical (unpaired) electrons. The van der Waals surface area contributed by atoms with Crippen LogP contribution in [-0.2, 0) is 24.3 Å². The Morgan fingerprint density at radius 2 is 1.79 bits per heavy atom. The van der Waals surface area contributed by atoms with E-state index in [1.54, 1.807) is 7.05 Å². The van der Waals surface area contributed by atoms with Crippen LogP contribution in [0.4, 0.5) is 0 Å². The SMILES string of the molecule is CN=C(NCCc1ccc2c(c1)OCO2)NCc1cccc(COC(C)(C)C)c1. The second-order valence-corrected chi connectivity index (χ2v) is 8.01. The molecular formula is C23H31N3O3. The Labute approximate surface area is 173 Å². The quantitative estimate of drug-likeness (QED) is 0.552. The summed E-state index contributed by atoms with van der Waals surface area (Å²) in [5.74, 6) is 2.41. The first-order valence-corrected chi connectivity index (χ1v) is 9.98. The van der Waals surface area contributed by atoms with Crippen molar-refractivity contribution in [2.24, 2.45) is 4.99 Å². The van der Waals surface area contributed by atoms with Crippen LogP contribution >= 0.6 is 0 Å². The number of benzene rings is 2. The lowest BCUT2D eigenvalue weighted by atomic mass is 10.1. The Morgan fingerprint density at radius 1 is 1.00 bits per heavy atom. The van der Waals surface area contributed by atoms with Gasteiger partial charge in [-0.1, -0.05) is 30.3 Å². The Bertz CT molecular complexity index is 844. The van der Waals surface area contributed by atoms with Gasteiger partial charge in [0.05, 0.1) is 12.2 Å². The van der Waals surface area contributed by atoms with Crippen LogP contribution in [0, 0.1) is 0 Å². The third-order valence-corrected chi connectivity index (χ3v) is 4.49. The Kier molecular flexibility index (Phi) is 6.99. The zero-order valence-electron chi connectivity index (χ0n) is 17.7. The standard InChI is InChI=1S/C23H31N3O3/c1-23(2,3)29-15-19-7-5-6-18(12-19)14-26-22(24-4)25-11-10-17-8-9-20-21(13-17)28-16-27-20/h5-9,12-13H,10-11,14-16H2,1-4H3,(H2,24,25,26). The van der Waals surface area contributed by atoms with Crippen LogP contribution in [0.15, 0.2) is 47.5 Å². The number of fused-ring (bicyclic) bond motifs is 1. The zero-order chi connectivity index (χ0) is 20.7. The third-order valence-electron chi connectivity index (χ3n) is 4.49. The summed E-state index contributed by atoms with van der Waals surface area (Å²) in [6.45, 7) is 8.59. The number of aliphatic imine (C=N–C) groups is 1. The third kappa shape index (κ3) is 6.68. The number of ether oxygens (including phenoxy) is 3. The fourth-order valence-electron chi connectivity index (χ4n) is 2.96. The molecule has 0 saturated carbocycles. The van der Waals surface area contributed by atoms with E-state index < -0.39 is 0 Å². The maximum Gasteiger partial charge on any atom is 0.231 e. The maximum absolute atomic E-state index is 5.87. The summed E-state index contributed by atoms with van der Waals surface area (Å²) in [7, 11) is 1.78. The van der Waals surface area contributed by atoms with Gasteiger partial charge in [-0.25, -0.2) is 0 Å². The Hall–Kier alpha value is -2.73. The topological polar surface area (TPSA) is 64.1 Å². The molecule has 0 aliphatic carbocycles. The van der Waals surface area contributed by atoms with Crippen molar-refractivity contribution < 1.29 is 14.2 Å². The Balaban J connectivity index is 1.44. The van der Waals surface area contributed by atoms with Crippen LogP contribution in [-0.4, -0.2) is 31.9 Å². The number of rotatable bonds is 7. The Morgan fingerprint density at radius 3 is 2.59 bits per heavy atom. The predicted octanol–water partition coefficient (Wildman–Crippen LogP) is 3.64. The van der Waals surface area contributed by atoms with Crippen molar-refractivity contribution in [3.8, 4) is 11.5 Å². The highest BCUT2D eigenvalue weighted by Crippen LogP contribution is 2.32. The lowest BCUT2D eigenvalue weighted by Crippen LogP contribution is -2.37. The van der Waals surface area contributed by atoms with E-state index in [1.165, 1.54) is 16.7 Å². The van der Waals surface area contributed by atoms with Crippen molar-refractivity contribution in [2.75, 3.05) is 20.4 Å². The van der Waals surface area contributed by atoms with Crippen molar-refractivity contribution in [3.63, 3.8) is 0 Å². The van der Waals surface area contributed by atoms with Crippen molar-refractivity contribution in [1.29, 1.82) is 0 Å². The van der Waals surface area contributed by atoms with E-state index in [9.17, 15) is 0 Å². The average molecular weight is 398 g/mol. The molecular weight excluding hydrogens is 366 g/mol. The fourth-order valence-corrected chi connectivity index (χ4v) is 2.96. The zero-order valence-corrected chi connectivity index (χ0v) is 17.7. The van der Waals surface area contributed by atoms with Gasteiger partial charge in [0.25, 0.3) is 0 Å². The van der Waals surface area contributed by atoms with Crippen LogP contribution in [0.25, 0.3) is 0 Å². The van der Waals surface area contributed by atoms with Gasteiger partial charge in [0, 0.05) is 20.1 Å². The molecule has 6 heteroatoms. The van der Waals surface area contributed by atoms with Gasteiger partial charge in [-0.15, -0.1) is 0 Å². The van der Waals surface area contributed by atoms with Crippen LogP contribution in [0.3, 0.4) is 0 Å². The first kappa shape index (κ1) is 21.0. The van der Waals surface area contributed by atoms with Gasteiger partial charge < -0.3 is 24.8 Å². The number of guanidine groups is 1. The van der Waals surface area contributed by atoms with E-state index in [4.69, 9.17) is 14.2 Å². The number of hydrogen-bond acceptors (Lipinski definition) is 4. The number of nitrogens with one attached hydrogen (secondary N) is 2. The molecule has 0 bridgehead atoms. The molecule has 156 valence electrons. The highest BCUT2D eigenvalue weighted by molar-refractivity contribution is 5.79. The fraction of sp³-hybridized carbons (Fsp3) is 0.435. The second-order valence-electron chi connectivity index (χ2n) is 8.01. The summed E-state index contributed by atoms with van der Waals surface area (Å²) in [6, 6.07) is 14.5. The molecule has 0 amide bonds. The molecule has 0 fully saturated rings. The average Bonchev–Trinajstić information content (AvgIpc) is 3.16. The summed E-state index contributed by atoms with van der Waals surface area (Å²) >= 11 is 0. The van der Waals surface area contributed by atoms with Gasteiger partial charge in [-0.2, -0.15) is 0 Å². The van der Waals surface area contributed by atoms with Crippen LogP contribution in [0.1, 0.15) is 37.5 Å². The molecule has 3 rings (SSSR count). The van der Waals surface area contributed by atoms with Crippen molar-refractivity contribution >= 4 is 5.96 Å². The molecule has 1 heterocycles. The van der Waals surface area contributed by atoms with Gasteiger partial charge in [-0.3, -0.25) is 4.99 Å². The van der Waals surface area contributed by atoms with Crippen LogP contribution in [0.2, 0.25) is 0 Å². The minimum absolute atomic E-state index is 0.141. The van der Waals surface area contributed by atoms with Gasteiger partial charge in [0.1, 0.15) is 0 Å². The van der Waals surface area contributed by atoms with Gasteiger partial charge in [0.15, 0.2) is 17.5 Å². The van der Waals surface area contributed by atoms with Crippen LogP contribution in [0.5, 0.6) is 11.5 Å². The number of hydrogen-bond donors (Lipinski definition) is 2. The molecule has 1 aliphatic heterocycles. The summed E-state index contributed by atoms with van der Waals surface area (Å²) in [5.41, 5.74) is 3.42. The molecule has 2 aromatic rings.